The van der Waals surface area contributed by atoms with Crippen LogP contribution < -0.4 is 5.32 Å². The molecule has 0 bridgehead atoms. The molecule has 28 heavy (non-hydrogen) atoms. The van der Waals surface area contributed by atoms with Crippen LogP contribution in [0.15, 0.2) is 64.9 Å². The molecule has 1 aliphatic heterocycles. The standard InChI is InChI=1S/C20H18N2O4S2/c23-18-7-2-1-6-17(18)21-20(24)14-4-3-5-16(12-14)28(25,26)22-10-8-19-15(13-22)9-11-27-19/h1-7,9,11-12,23H,8,10,13H2,(H,21,24). The molecule has 0 saturated carbocycles. The third-order valence-electron chi connectivity index (χ3n) is 4.66. The van der Waals surface area contributed by atoms with Gasteiger partial charge in [0.2, 0.25) is 10.0 Å². The number of amides is 1. The number of nitrogens with zero attached hydrogens (tertiary/aromatic N) is 1. The summed E-state index contributed by atoms with van der Waals surface area (Å²) < 4.78 is 27.6. The van der Waals surface area contributed by atoms with Crippen molar-refractivity contribution in [2.45, 2.75) is 17.9 Å². The van der Waals surface area contributed by atoms with Crippen molar-refractivity contribution in [2.24, 2.45) is 0 Å². The molecule has 0 fully saturated rings. The first kappa shape index (κ1) is 18.7. The summed E-state index contributed by atoms with van der Waals surface area (Å²) in [5, 5.41) is 14.4. The molecule has 0 saturated heterocycles. The number of carbonyl (C=O) groups is 1. The first-order valence-corrected chi connectivity index (χ1v) is 11.0. The normalized spacial score (nSPS) is 14.4. The molecule has 0 unspecified atom stereocenters. The average Bonchev–Trinajstić information content (AvgIpc) is 3.17. The Morgan fingerprint density at radius 1 is 1.11 bits per heavy atom. The Balaban J connectivity index is 1.58. The van der Waals surface area contributed by atoms with Gasteiger partial charge in [-0.2, -0.15) is 4.31 Å². The lowest BCUT2D eigenvalue weighted by Gasteiger charge is -2.26. The maximum atomic E-state index is 13.1. The van der Waals surface area contributed by atoms with Crippen molar-refractivity contribution in [2.75, 3.05) is 11.9 Å². The van der Waals surface area contributed by atoms with Crippen LogP contribution in [0, 0.1) is 0 Å². The second kappa shape index (κ2) is 7.38. The van der Waals surface area contributed by atoms with Crippen molar-refractivity contribution in [1.29, 1.82) is 0 Å². The fourth-order valence-electron chi connectivity index (χ4n) is 3.15. The topological polar surface area (TPSA) is 86.7 Å². The highest BCUT2D eigenvalue weighted by molar-refractivity contribution is 7.89. The molecule has 1 aromatic heterocycles. The molecule has 3 aromatic rings. The van der Waals surface area contributed by atoms with Gasteiger partial charge in [-0.15, -0.1) is 11.3 Å². The van der Waals surface area contributed by atoms with Crippen molar-refractivity contribution in [3.05, 3.63) is 76.0 Å². The van der Waals surface area contributed by atoms with E-state index in [9.17, 15) is 18.3 Å². The van der Waals surface area contributed by atoms with E-state index in [0.29, 0.717) is 19.5 Å². The van der Waals surface area contributed by atoms with Gasteiger partial charge in [-0.25, -0.2) is 8.42 Å². The first-order chi connectivity index (χ1) is 13.4. The van der Waals surface area contributed by atoms with Crippen molar-refractivity contribution in [1.82, 2.24) is 4.31 Å². The lowest BCUT2D eigenvalue weighted by atomic mass is 10.1. The predicted octanol–water partition coefficient (Wildman–Crippen LogP) is 3.45. The maximum absolute atomic E-state index is 13.1. The number of sulfonamides is 1. The Morgan fingerprint density at radius 3 is 2.75 bits per heavy atom. The second-order valence-electron chi connectivity index (χ2n) is 6.46. The predicted molar refractivity (Wildman–Crippen MR) is 108 cm³/mol. The number of fused-ring (bicyclic) bond motifs is 1. The quantitative estimate of drug-likeness (QED) is 0.640. The van der Waals surface area contributed by atoms with Crippen molar-refractivity contribution in [3.63, 3.8) is 0 Å². The molecule has 2 N–H and O–H groups in total. The molecule has 6 nitrogen and oxygen atoms in total. The number of phenolic OH excluding ortho intramolecular Hbond substituents is 1. The molecule has 0 aliphatic carbocycles. The average molecular weight is 415 g/mol. The number of nitrogens with one attached hydrogen (secondary N) is 1. The Kier molecular flexibility index (Phi) is 4.92. The minimum absolute atomic E-state index is 0.0560. The van der Waals surface area contributed by atoms with Crippen LogP contribution in [-0.4, -0.2) is 30.3 Å². The van der Waals surface area contributed by atoms with Crippen molar-refractivity contribution >= 4 is 33.0 Å². The lowest BCUT2D eigenvalue weighted by molar-refractivity contribution is 0.102. The van der Waals surface area contributed by atoms with Crippen molar-refractivity contribution < 1.29 is 18.3 Å². The number of hydrogen-bond donors (Lipinski definition) is 2. The minimum atomic E-state index is -3.71. The maximum Gasteiger partial charge on any atom is 0.255 e. The Labute approximate surface area is 167 Å². The van der Waals surface area contributed by atoms with Gasteiger partial charge in [-0.3, -0.25) is 4.79 Å². The number of para-hydroxylation sites is 2. The van der Waals surface area contributed by atoms with Gasteiger partial charge in [0, 0.05) is 23.5 Å². The smallest absolute Gasteiger partial charge is 0.255 e. The van der Waals surface area contributed by atoms with Gasteiger partial charge in [-0.1, -0.05) is 18.2 Å². The van der Waals surface area contributed by atoms with E-state index in [2.05, 4.69) is 5.32 Å². The molecule has 0 atom stereocenters. The fraction of sp³-hybridized carbons (Fsp3) is 0.150. The van der Waals surface area contributed by atoms with Crippen LogP contribution in [0.4, 0.5) is 5.69 Å². The van der Waals surface area contributed by atoms with Crippen LogP contribution in [0.3, 0.4) is 0 Å². The SMILES string of the molecule is O=C(Nc1ccccc1O)c1cccc(S(=O)(=O)N2CCc3sccc3C2)c1. The van der Waals surface area contributed by atoms with Gasteiger partial charge in [0.25, 0.3) is 5.91 Å². The number of thiophene rings is 1. The third-order valence-corrected chi connectivity index (χ3v) is 7.52. The molecule has 2 heterocycles. The van der Waals surface area contributed by atoms with Gasteiger partial charge in [0.05, 0.1) is 10.6 Å². The van der Waals surface area contributed by atoms with E-state index >= 15 is 0 Å². The summed E-state index contributed by atoms with van der Waals surface area (Å²) in [6.45, 7) is 0.764. The largest absolute Gasteiger partial charge is 0.506 e. The van der Waals surface area contributed by atoms with Gasteiger partial charge in [0.1, 0.15) is 5.75 Å². The van der Waals surface area contributed by atoms with Gasteiger partial charge < -0.3 is 10.4 Å². The third kappa shape index (κ3) is 3.54. The summed E-state index contributed by atoms with van der Waals surface area (Å²) in [5.74, 6) is -0.545. The zero-order valence-corrected chi connectivity index (χ0v) is 16.5. The number of rotatable bonds is 4. The Bertz CT molecular complexity index is 1140. The van der Waals surface area contributed by atoms with E-state index in [1.54, 1.807) is 41.7 Å². The van der Waals surface area contributed by atoms with E-state index < -0.39 is 15.9 Å². The van der Waals surface area contributed by atoms with E-state index in [4.69, 9.17) is 0 Å². The minimum Gasteiger partial charge on any atom is -0.506 e. The highest BCUT2D eigenvalue weighted by atomic mass is 32.2. The number of aromatic hydroxyl groups is 1. The Morgan fingerprint density at radius 2 is 1.93 bits per heavy atom. The summed E-state index contributed by atoms with van der Waals surface area (Å²) in [6.07, 6.45) is 0.694. The summed E-state index contributed by atoms with van der Waals surface area (Å²) in [4.78, 5) is 13.8. The zero-order chi connectivity index (χ0) is 19.7. The van der Waals surface area contributed by atoms with Crippen LogP contribution in [-0.2, 0) is 23.0 Å². The van der Waals surface area contributed by atoms with E-state index in [1.807, 2.05) is 11.4 Å². The van der Waals surface area contributed by atoms with Crippen LogP contribution >= 0.6 is 11.3 Å². The van der Waals surface area contributed by atoms with Crippen LogP contribution in [0.5, 0.6) is 5.75 Å². The van der Waals surface area contributed by atoms with E-state index in [0.717, 1.165) is 5.56 Å². The van der Waals surface area contributed by atoms with E-state index in [1.165, 1.54) is 27.4 Å². The van der Waals surface area contributed by atoms with Gasteiger partial charge in [0.15, 0.2) is 0 Å². The fourth-order valence-corrected chi connectivity index (χ4v) is 5.50. The zero-order valence-electron chi connectivity index (χ0n) is 14.8. The number of carbonyl (C=O) groups excluding carboxylic acids is 1. The van der Waals surface area contributed by atoms with Gasteiger partial charge >= 0.3 is 0 Å². The number of hydrogen-bond acceptors (Lipinski definition) is 5. The molecule has 2 aromatic carbocycles. The number of phenols is 1. The summed E-state index contributed by atoms with van der Waals surface area (Å²) in [5.41, 5.74) is 1.51. The molecule has 4 rings (SSSR count). The Hall–Kier alpha value is -2.68. The molecular weight excluding hydrogens is 396 g/mol. The van der Waals surface area contributed by atoms with Gasteiger partial charge in [-0.05, 0) is 53.8 Å². The molecule has 0 spiro atoms. The highest BCUT2D eigenvalue weighted by Crippen LogP contribution is 2.28. The molecule has 1 amide bonds. The highest BCUT2D eigenvalue weighted by Gasteiger charge is 2.29. The van der Waals surface area contributed by atoms with Crippen LogP contribution in [0.1, 0.15) is 20.8 Å². The molecule has 1 aliphatic rings. The second-order valence-corrected chi connectivity index (χ2v) is 9.40. The first-order valence-electron chi connectivity index (χ1n) is 8.70. The number of anilines is 1. The molecule has 0 radical (unpaired) electrons. The molecule has 144 valence electrons. The van der Waals surface area contributed by atoms with Crippen LogP contribution in [0.25, 0.3) is 0 Å². The van der Waals surface area contributed by atoms with Crippen LogP contribution in [0.2, 0.25) is 0 Å². The lowest BCUT2D eigenvalue weighted by Crippen LogP contribution is -2.35. The summed E-state index contributed by atoms with van der Waals surface area (Å²) in [7, 11) is -3.71. The number of benzene rings is 2. The summed E-state index contributed by atoms with van der Waals surface area (Å²) >= 11 is 1.65. The monoisotopic (exact) mass is 414 g/mol. The van der Waals surface area contributed by atoms with Crippen molar-refractivity contribution in [3.8, 4) is 5.75 Å². The van der Waals surface area contributed by atoms with E-state index in [-0.39, 0.29) is 21.9 Å². The summed E-state index contributed by atoms with van der Waals surface area (Å²) in [6, 6.07) is 14.3. The molecular formula is C20H18N2O4S2. The molecule has 8 heteroatoms.